The molecule has 4 heteroatoms. The van der Waals surface area contributed by atoms with Crippen molar-refractivity contribution < 1.29 is 4.79 Å². The Balaban J connectivity index is 2.46. The minimum Gasteiger partial charge on any atom is -0.351 e. The van der Waals surface area contributed by atoms with E-state index in [4.69, 9.17) is 5.73 Å². The molecule has 0 radical (unpaired) electrons. The summed E-state index contributed by atoms with van der Waals surface area (Å²) in [7, 11) is 0. The maximum atomic E-state index is 11.8. The zero-order valence-electron chi connectivity index (χ0n) is 13.6. The van der Waals surface area contributed by atoms with E-state index in [1.54, 1.807) is 0 Å². The van der Waals surface area contributed by atoms with E-state index >= 15 is 0 Å². The predicted molar refractivity (Wildman–Crippen MR) is 87.8 cm³/mol. The molecule has 21 heavy (non-hydrogen) atoms. The van der Waals surface area contributed by atoms with Crippen LogP contribution in [-0.4, -0.2) is 29.9 Å². The molecule has 0 fully saturated rings. The van der Waals surface area contributed by atoms with Gasteiger partial charge in [0.05, 0.1) is 6.04 Å². The summed E-state index contributed by atoms with van der Waals surface area (Å²) < 4.78 is 0. The van der Waals surface area contributed by atoms with Crippen LogP contribution in [0.1, 0.15) is 44.7 Å². The van der Waals surface area contributed by atoms with E-state index in [0.717, 1.165) is 38.0 Å². The van der Waals surface area contributed by atoms with E-state index < -0.39 is 6.04 Å². The minimum absolute atomic E-state index is 0.0657. The number of amides is 1. The monoisotopic (exact) mass is 291 g/mol. The van der Waals surface area contributed by atoms with Crippen molar-refractivity contribution in [3.8, 4) is 0 Å². The van der Waals surface area contributed by atoms with E-state index in [-0.39, 0.29) is 5.91 Å². The normalized spacial score (nSPS) is 12.4. The van der Waals surface area contributed by atoms with Gasteiger partial charge in [0.1, 0.15) is 0 Å². The van der Waals surface area contributed by atoms with Gasteiger partial charge in [-0.05, 0) is 30.6 Å². The molecule has 1 aromatic rings. The molecule has 3 N–H and O–H groups in total. The molecule has 0 aromatic heterocycles. The van der Waals surface area contributed by atoms with Crippen molar-refractivity contribution in [1.82, 2.24) is 10.2 Å². The molecule has 0 aliphatic carbocycles. The average Bonchev–Trinajstić information content (AvgIpc) is 2.51. The molecule has 0 saturated heterocycles. The Bertz CT molecular complexity index is 413. The molecule has 0 aliphatic rings. The summed E-state index contributed by atoms with van der Waals surface area (Å²) in [6, 6.07) is 8.02. The second-order valence-corrected chi connectivity index (χ2v) is 5.39. The van der Waals surface area contributed by atoms with Crippen LogP contribution in [0.5, 0.6) is 0 Å². The summed E-state index contributed by atoms with van der Waals surface area (Å²) in [6.45, 7) is 10.0. The number of carbonyl (C=O) groups excluding carboxylic acids is 1. The second-order valence-electron chi connectivity index (χ2n) is 5.39. The first-order chi connectivity index (χ1) is 10.1. The number of benzene rings is 1. The van der Waals surface area contributed by atoms with Crippen molar-refractivity contribution in [2.75, 3.05) is 13.1 Å². The fourth-order valence-corrected chi connectivity index (χ4v) is 2.23. The predicted octanol–water partition coefficient (Wildman–Crippen LogP) is 2.27. The van der Waals surface area contributed by atoms with Crippen LogP contribution < -0.4 is 11.1 Å². The van der Waals surface area contributed by atoms with Crippen LogP contribution in [0.4, 0.5) is 0 Å². The van der Waals surface area contributed by atoms with Gasteiger partial charge in [0.15, 0.2) is 0 Å². The molecule has 0 saturated carbocycles. The molecule has 1 amide bonds. The summed E-state index contributed by atoms with van der Waals surface area (Å²) in [6.07, 6.45) is 1.66. The van der Waals surface area contributed by atoms with Crippen LogP contribution in [0, 0.1) is 0 Å². The van der Waals surface area contributed by atoms with Crippen LogP contribution in [0.3, 0.4) is 0 Å². The van der Waals surface area contributed by atoms with Gasteiger partial charge in [-0.1, -0.05) is 51.5 Å². The largest absolute Gasteiger partial charge is 0.351 e. The highest BCUT2D eigenvalue weighted by molar-refractivity contribution is 5.81. The Hall–Kier alpha value is -1.39. The van der Waals surface area contributed by atoms with Gasteiger partial charge in [0.25, 0.3) is 0 Å². The van der Waals surface area contributed by atoms with E-state index in [2.05, 4.69) is 48.3 Å². The third-order valence-corrected chi connectivity index (χ3v) is 3.73. The van der Waals surface area contributed by atoms with E-state index in [0.29, 0.717) is 6.54 Å². The Morgan fingerprint density at radius 1 is 1.14 bits per heavy atom. The number of nitrogens with one attached hydrogen (secondary N) is 1. The SMILES string of the molecule is CCCC(N)C(=O)NCc1ccc(CN(CC)CC)cc1. The Labute approximate surface area is 128 Å². The fraction of sp³-hybridized carbons (Fsp3) is 0.588. The zero-order chi connectivity index (χ0) is 15.7. The van der Waals surface area contributed by atoms with Crippen LogP contribution in [-0.2, 0) is 17.9 Å². The van der Waals surface area contributed by atoms with Gasteiger partial charge in [-0.25, -0.2) is 0 Å². The van der Waals surface area contributed by atoms with Crippen LogP contribution in [0.25, 0.3) is 0 Å². The first kappa shape index (κ1) is 17.7. The van der Waals surface area contributed by atoms with Gasteiger partial charge in [-0.15, -0.1) is 0 Å². The number of carbonyl (C=O) groups is 1. The Kier molecular flexibility index (Phi) is 8.01. The molecule has 0 bridgehead atoms. The van der Waals surface area contributed by atoms with Crippen LogP contribution in [0.15, 0.2) is 24.3 Å². The molecule has 1 atom stereocenters. The smallest absolute Gasteiger partial charge is 0.237 e. The molecule has 0 heterocycles. The molecule has 0 spiro atoms. The minimum atomic E-state index is -0.392. The standard InChI is InChI=1S/C17H29N3O/c1-4-7-16(18)17(21)19-12-14-8-10-15(11-9-14)13-20(5-2)6-3/h8-11,16H,4-7,12-13,18H2,1-3H3,(H,19,21). The molecule has 1 aromatic carbocycles. The summed E-state index contributed by atoms with van der Waals surface area (Å²) in [5.41, 5.74) is 8.19. The van der Waals surface area contributed by atoms with Gasteiger partial charge in [0, 0.05) is 13.1 Å². The zero-order valence-corrected chi connectivity index (χ0v) is 13.6. The summed E-state index contributed by atoms with van der Waals surface area (Å²) >= 11 is 0. The number of nitrogens with zero attached hydrogens (tertiary/aromatic N) is 1. The topological polar surface area (TPSA) is 58.4 Å². The third kappa shape index (κ3) is 6.27. The van der Waals surface area contributed by atoms with E-state index in [1.165, 1.54) is 5.56 Å². The summed E-state index contributed by atoms with van der Waals surface area (Å²) in [4.78, 5) is 14.1. The highest BCUT2D eigenvalue weighted by Gasteiger charge is 2.11. The number of hydrogen-bond donors (Lipinski definition) is 2. The quantitative estimate of drug-likeness (QED) is 0.734. The van der Waals surface area contributed by atoms with E-state index in [9.17, 15) is 4.79 Å². The maximum Gasteiger partial charge on any atom is 0.237 e. The van der Waals surface area contributed by atoms with Crippen LogP contribution >= 0.6 is 0 Å². The Morgan fingerprint density at radius 2 is 1.71 bits per heavy atom. The molecular formula is C17H29N3O. The van der Waals surface area contributed by atoms with Gasteiger partial charge in [0.2, 0.25) is 5.91 Å². The molecule has 1 unspecified atom stereocenters. The van der Waals surface area contributed by atoms with E-state index in [1.807, 2.05) is 6.92 Å². The third-order valence-electron chi connectivity index (χ3n) is 3.73. The molecular weight excluding hydrogens is 262 g/mol. The molecule has 118 valence electrons. The van der Waals surface area contributed by atoms with Gasteiger partial charge < -0.3 is 11.1 Å². The second kappa shape index (κ2) is 9.53. The van der Waals surface area contributed by atoms with Gasteiger partial charge >= 0.3 is 0 Å². The van der Waals surface area contributed by atoms with Gasteiger partial charge in [-0.2, -0.15) is 0 Å². The van der Waals surface area contributed by atoms with Crippen LogP contribution in [0.2, 0.25) is 0 Å². The van der Waals surface area contributed by atoms with Crippen molar-refractivity contribution in [3.05, 3.63) is 35.4 Å². The number of hydrogen-bond acceptors (Lipinski definition) is 3. The maximum absolute atomic E-state index is 11.8. The van der Waals surface area contributed by atoms with Crippen molar-refractivity contribution in [2.24, 2.45) is 5.73 Å². The fourth-order valence-electron chi connectivity index (χ4n) is 2.23. The molecule has 4 nitrogen and oxygen atoms in total. The lowest BCUT2D eigenvalue weighted by molar-refractivity contribution is -0.122. The lowest BCUT2D eigenvalue weighted by atomic mass is 10.1. The lowest BCUT2D eigenvalue weighted by Crippen LogP contribution is -2.40. The van der Waals surface area contributed by atoms with Crippen molar-refractivity contribution in [1.29, 1.82) is 0 Å². The summed E-state index contributed by atoms with van der Waals surface area (Å²) in [5, 5.41) is 2.89. The van der Waals surface area contributed by atoms with Crippen molar-refractivity contribution in [3.63, 3.8) is 0 Å². The highest BCUT2D eigenvalue weighted by atomic mass is 16.2. The first-order valence-corrected chi connectivity index (χ1v) is 7.94. The van der Waals surface area contributed by atoms with Crippen molar-refractivity contribution >= 4 is 5.91 Å². The first-order valence-electron chi connectivity index (χ1n) is 7.94. The number of nitrogens with two attached hydrogens (primary N) is 1. The number of rotatable bonds is 9. The lowest BCUT2D eigenvalue weighted by Gasteiger charge is -2.18. The molecule has 1 rings (SSSR count). The van der Waals surface area contributed by atoms with Crippen molar-refractivity contribution in [2.45, 2.75) is 52.7 Å². The average molecular weight is 291 g/mol. The highest BCUT2D eigenvalue weighted by Crippen LogP contribution is 2.07. The molecule has 0 aliphatic heterocycles. The van der Waals surface area contributed by atoms with Gasteiger partial charge in [-0.3, -0.25) is 9.69 Å². The Morgan fingerprint density at radius 3 is 2.24 bits per heavy atom. The summed E-state index contributed by atoms with van der Waals surface area (Å²) in [5.74, 6) is -0.0657.